The van der Waals surface area contributed by atoms with Gasteiger partial charge in [-0.05, 0) is 49.4 Å². The highest BCUT2D eigenvalue weighted by molar-refractivity contribution is 7.07. The monoisotopic (exact) mass is 504 g/mol. The number of hydrogen-bond acceptors (Lipinski definition) is 7. The minimum atomic E-state index is -0.877. The predicted octanol–water partition coefficient (Wildman–Crippen LogP) is 3.43. The largest absolute Gasteiger partial charge is 0.507 e. The van der Waals surface area contributed by atoms with E-state index >= 15 is 0 Å². The first-order chi connectivity index (χ1) is 15.7. The Labute approximate surface area is 202 Å². The van der Waals surface area contributed by atoms with Crippen LogP contribution < -0.4 is 19.6 Å². The average Bonchev–Trinajstić information content (AvgIpc) is 3.09. The summed E-state index contributed by atoms with van der Waals surface area (Å²) in [6.45, 7) is 1.68. The summed E-state index contributed by atoms with van der Waals surface area (Å²) in [5, 5.41) is 11.0. The highest BCUT2D eigenvalue weighted by atomic mass is 35.5. The van der Waals surface area contributed by atoms with Crippen molar-refractivity contribution in [1.82, 2.24) is 4.57 Å². The van der Waals surface area contributed by atoms with Gasteiger partial charge in [0.15, 0.2) is 4.80 Å². The van der Waals surface area contributed by atoms with E-state index in [1.54, 1.807) is 37.3 Å². The molecule has 0 aliphatic carbocycles. The first kappa shape index (κ1) is 23.1. The Kier molecular flexibility index (Phi) is 6.34. The van der Waals surface area contributed by atoms with Gasteiger partial charge in [0, 0.05) is 21.2 Å². The minimum absolute atomic E-state index is 0.0234. The van der Waals surface area contributed by atoms with Crippen LogP contribution in [0.15, 0.2) is 57.5 Å². The summed E-state index contributed by atoms with van der Waals surface area (Å²) in [6.07, 6.45) is 1.54. The van der Waals surface area contributed by atoms with E-state index < -0.39 is 17.6 Å². The lowest BCUT2D eigenvalue weighted by Gasteiger charge is -2.25. The fourth-order valence-corrected chi connectivity index (χ4v) is 5.09. The lowest BCUT2D eigenvalue weighted by Crippen LogP contribution is -2.40. The zero-order chi connectivity index (χ0) is 23.9. The second kappa shape index (κ2) is 9.05. The molecule has 0 fully saturated rings. The number of esters is 1. The molecule has 0 saturated carbocycles. The number of benzene rings is 2. The second-order valence-electron chi connectivity index (χ2n) is 7.16. The summed E-state index contributed by atoms with van der Waals surface area (Å²) < 4.78 is 12.2. The molecule has 4 rings (SSSR count). The van der Waals surface area contributed by atoms with E-state index in [9.17, 15) is 14.7 Å². The molecule has 1 aromatic heterocycles. The van der Waals surface area contributed by atoms with E-state index in [1.807, 2.05) is 0 Å². The Hall–Kier alpha value is -3.07. The highest BCUT2D eigenvalue weighted by Gasteiger charge is 2.35. The van der Waals surface area contributed by atoms with Crippen LogP contribution in [0.4, 0.5) is 0 Å². The van der Waals surface area contributed by atoms with Crippen molar-refractivity contribution in [2.24, 2.45) is 4.99 Å². The van der Waals surface area contributed by atoms with Crippen molar-refractivity contribution < 1.29 is 19.4 Å². The van der Waals surface area contributed by atoms with Crippen molar-refractivity contribution in [2.45, 2.75) is 13.0 Å². The lowest BCUT2D eigenvalue weighted by molar-refractivity contribution is -0.136. The Bertz CT molecular complexity index is 1490. The molecule has 0 spiro atoms. The summed E-state index contributed by atoms with van der Waals surface area (Å²) in [5.41, 5.74) is 1.10. The number of nitrogens with zero attached hydrogens (tertiary/aromatic N) is 2. The number of methoxy groups -OCH3 is 2. The number of phenols is 1. The van der Waals surface area contributed by atoms with Gasteiger partial charge in [-0.1, -0.05) is 34.5 Å². The van der Waals surface area contributed by atoms with E-state index in [0.717, 1.165) is 11.3 Å². The van der Waals surface area contributed by atoms with Crippen molar-refractivity contribution >= 4 is 46.6 Å². The quantitative estimate of drug-likeness (QED) is 0.549. The third-order valence-corrected chi connectivity index (χ3v) is 6.64. The van der Waals surface area contributed by atoms with Crippen molar-refractivity contribution in [2.75, 3.05) is 14.2 Å². The number of ether oxygens (including phenoxy) is 2. The van der Waals surface area contributed by atoms with Gasteiger partial charge >= 0.3 is 5.97 Å². The number of rotatable bonds is 4. The van der Waals surface area contributed by atoms with Gasteiger partial charge in [-0.3, -0.25) is 9.36 Å². The molecule has 2 heterocycles. The van der Waals surface area contributed by atoms with Crippen molar-refractivity contribution in [3.05, 3.63) is 88.5 Å². The average molecular weight is 505 g/mol. The first-order valence-corrected chi connectivity index (χ1v) is 11.2. The molecule has 1 aliphatic heterocycles. The van der Waals surface area contributed by atoms with Crippen molar-refractivity contribution in [3.63, 3.8) is 0 Å². The molecule has 0 unspecified atom stereocenters. The van der Waals surface area contributed by atoms with Gasteiger partial charge in [0.2, 0.25) is 0 Å². The molecule has 0 radical (unpaired) electrons. The third kappa shape index (κ3) is 4.17. The van der Waals surface area contributed by atoms with Gasteiger partial charge in [-0.2, -0.15) is 0 Å². The van der Waals surface area contributed by atoms with E-state index in [-0.39, 0.29) is 11.3 Å². The molecule has 0 amide bonds. The summed E-state index contributed by atoms with van der Waals surface area (Å²) in [7, 11) is 2.76. The Morgan fingerprint density at radius 3 is 2.58 bits per heavy atom. The third-order valence-electron chi connectivity index (χ3n) is 5.19. The zero-order valence-corrected chi connectivity index (χ0v) is 20.1. The van der Waals surface area contributed by atoms with Crippen LogP contribution in [0.5, 0.6) is 11.5 Å². The van der Waals surface area contributed by atoms with Crippen LogP contribution in [0.1, 0.15) is 24.1 Å². The SMILES string of the molecule is COC(=O)C1=C(C)N=c2s/c(=C\c3cc(Cl)ccc3O)c(=O)n2[C@@H]1c1cc(Cl)ccc1OC. The smallest absolute Gasteiger partial charge is 0.338 e. The minimum Gasteiger partial charge on any atom is -0.507 e. The highest BCUT2D eigenvalue weighted by Crippen LogP contribution is 2.37. The molecule has 1 N–H and O–H groups in total. The molecule has 3 aromatic rings. The van der Waals surface area contributed by atoms with Crippen molar-refractivity contribution in [3.8, 4) is 11.5 Å². The van der Waals surface area contributed by atoms with Crippen LogP contribution in [0.25, 0.3) is 6.08 Å². The topological polar surface area (TPSA) is 90.1 Å². The van der Waals surface area contributed by atoms with Crippen LogP contribution in [-0.2, 0) is 9.53 Å². The number of carbonyl (C=O) groups excluding carboxylic acids is 1. The molecule has 7 nitrogen and oxygen atoms in total. The summed E-state index contributed by atoms with van der Waals surface area (Å²) in [5.74, 6) is -0.197. The van der Waals surface area contributed by atoms with Crippen LogP contribution in [0.3, 0.4) is 0 Å². The molecular weight excluding hydrogens is 487 g/mol. The summed E-state index contributed by atoms with van der Waals surface area (Å²) in [4.78, 5) is 31.2. The number of halogens is 2. The molecule has 2 aromatic carbocycles. The number of aromatic nitrogens is 1. The van der Waals surface area contributed by atoms with E-state index in [0.29, 0.717) is 42.0 Å². The van der Waals surface area contributed by atoms with Gasteiger partial charge in [0.05, 0.1) is 30.0 Å². The lowest BCUT2D eigenvalue weighted by atomic mass is 9.95. The number of phenolic OH excluding ortho intramolecular Hbond substituents is 1. The standard InChI is InChI=1S/C23H18Cl2N2O5S/c1-11-19(22(30)32-3)20(15-10-14(25)5-7-17(15)31-2)27-21(29)18(33-23(27)26-11)9-12-8-13(24)4-6-16(12)28/h4-10,20,28H,1-3H3/b18-9-/t20-/m1/s1. The predicted molar refractivity (Wildman–Crippen MR) is 127 cm³/mol. The van der Waals surface area contributed by atoms with Gasteiger partial charge < -0.3 is 14.6 Å². The summed E-state index contributed by atoms with van der Waals surface area (Å²) >= 11 is 13.4. The molecule has 1 aliphatic rings. The molecule has 0 saturated heterocycles. The number of fused-ring (bicyclic) bond motifs is 1. The van der Waals surface area contributed by atoms with Gasteiger partial charge in [-0.25, -0.2) is 9.79 Å². The van der Waals surface area contributed by atoms with E-state index in [4.69, 9.17) is 32.7 Å². The zero-order valence-electron chi connectivity index (χ0n) is 17.8. The fourth-order valence-electron chi connectivity index (χ4n) is 3.69. The normalized spacial score (nSPS) is 15.8. The number of thiazole rings is 1. The Morgan fingerprint density at radius 1 is 1.18 bits per heavy atom. The van der Waals surface area contributed by atoms with Crippen LogP contribution >= 0.6 is 34.5 Å². The fraction of sp³-hybridized carbons (Fsp3) is 0.174. The number of allylic oxidation sites excluding steroid dienone is 1. The maximum atomic E-state index is 13.6. The number of carbonyl (C=O) groups is 1. The number of hydrogen-bond donors (Lipinski definition) is 1. The Balaban J connectivity index is 2.05. The first-order valence-electron chi connectivity index (χ1n) is 9.68. The molecule has 33 heavy (non-hydrogen) atoms. The molecular formula is C23H18Cl2N2O5S. The molecule has 10 heteroatoms. The van der Waals surface area contributed by atoms with E-state index in [2.05, 4.69) is 4.99 Å². The van der Waals surface area contributed by atoms with Crippen molar-refractivity contribution in [1.29, 1.82) is 0 Å². The number of aromatic hydroxyl groups is 1. The molecule has 0 bridgehead atoms. The molecule has 170 valence electrons. The maximum absolute atomic E-state index is 13.6. The Morgan fingerprint density at radius 2 is 1.88 bits per heavy atom. The molecule has 1 atom stereocenters. The van der Waals surface area contributed by atoms with Crippen LogP contribution in [0.2, 0.25) is 10.0 Å². The van der Waals surface area contributed by atoms with Crippen LogP contribution in [0, 0.1) is 0 Å². The maximum Gasteiger partial charge on any atom is 0.338 e. The van der Waals surface area contributed by atoms with E-state index in [1.165, 1.54) is 30.9 Å². The van der Waals surface area contributed by atoms with Crippen LogP contribution in [-0.4, -0.2) is 29.9 Å². The van der Waals surface area contributed by atoms with Gasteiger partial charge in [-0.15, -0.1) is 0 Å². The second-order valence-corrected chi connectivity index (χ2v) is 9.04. The van der Waals surface area contributed by atoms with Gasteiger partial charge in [0.1, 0.15) is 17.5 Å². The van der Waals surface area contributed by atoms with Gasteiger partial charge in [0.25, 0.3) is 5.56 Å². The summed E-state index contributed by atoms with van der Waals surface area (Å²) in [6, 6.07) is 8.64.